The summed E-state index contributed by atoms with van der Waals surface area (Å²) in [6.45, 7) is 1.77. The van der Waals surface area contributed by atoms with Crippen molar-refractivity contribution in [2.24, 2.45) is 0 Å². The van der Waals surface area contributed by atoms with Crippen molar-refractivity contribution in [2.75, 3.05) is 7.11 Å². The lowest BCUT2D eigenvalue weighted by Crippen LogP contribution is -2.20. The maximum atomic E-state index is 10.0. The Kier molecular flexibility index (Phi) is 7.48. The minimum atomic E-state index is -0.894. The van der Waals surface area contributed by atoms with E-state index in [0.29, 0.717) is 6.42 Å². The lowest BCUT2D eigenvalue weighted by molar-refractivity contribution is -0.148. The Labute approximate surface area is 60.4 Å². The van der Waals surface area contributed by atoms with Crippen LogP contribution in [0.15, 0.2) is 0 Å². The van der Waals surface area contributed by atoms with Gasteiger partial charge in [-0.25, -0.2) is 4.79 Å². The average Bonchev–Trinajstić information content (AvgIpc) is 1.69. The third kappa shape index (κ3) is 4.24. The topological polar surface area (TPSA) is 46.5 Å². The third-order valence-corrected chi connectivity index (χ3v) is 0.931. The van der Waals surface area contributed by atoms with Crippen LogP contribution in [0, 0.1) is 0 Å². The Morgan fingerprint density at radius 3 is 2.22 bits per heavy atom. The number of hydrogen-bond donors (Lipinski definition) is 1. The van der Waals surface area contributed by atoms with Gasteiger partial charge in [-0.1, -0.05) is 6.92 Å². The highest BCUT2D eigenvalue weighted by atomic mass is 35.5. The Morgan fingerprint density at radius 1 is 1.78 bits per heavy atom. The molecule has 0 aromatic carbocycles. The van der Waals surface area contributed by atoms with E-state index in [1.807, 2.05) is 0 Å². The van der Waals surface area contributed by atoms with Crippen LogP contribution >= 0.6 is 12.4 Å². The number of aliphatic carboxylic acids is 1. The molecule has 4 heteroatoms. The van der Waals surface area contributed by atoms with E-state index in [2.05, 4.69) is 4.74 Å². The molecule has 1 N–H and O–H groups in total. The monoisotopic (exact) mass is 154 g/mol. The van der Waals surface area contributed by atoms with Gasteiger partial charge in [0.2, 0.25) is 0 Å². The first-order valence-corrected chi connectivity index (χ1v) is 2.48. The number of methoxy groups -OCH3 is 1. The van der Waals surface area contributed by atoms with Gasteiger partial charge in [-0.05, 0) is 6.42 Å². The number of carbonyl (C=O) groups is 1. The molecule has 9 heavy (non-hydrogen) atoms. The molecule has 1 atom stereocenters. The minimum Gasteiger partial charge on any atom is -0.479 e. The highest BCUT2D eigenvalue weighted by molar-refractivity contribution is 5.85. The van der Waals surface area contributed by atoms with Crippen molar-refractivity contribution in [1.82, 2.24) is 0 Å². The standard InChI is InChI=1S/C5H10O3.ClH/c1-3-4(8-2)5(6)7;/h4H,3H2,1-2H3,(H,6,7);1H/t4-;/m0./s1. The molecule has 0 saturated heterocycles. The van der Waals surface area contributed by atoms with Gasteiger partial charge < -0.3 is 9.84 Å². The Bertz CT molecular complexity index is 80.3. The largest absolute Gasteiger partial charge is 0.479 e. The van der Waals surface area contributed by atoms with Crippen LogP contribution in [0.1, 0.15) is 13.3 Å². The molecule has 0 fully saturated rings. The van der Waals surface area contributed by atoms with E-state index >= 15 is 0 Å². The van der Waals surface area contributed by atoms with Crippen molar-refractivity contribution in [3.63, 3.8) is 0 Å². The summed E-state index contributed by atoms with van der Waals surface area (Å²) in [4.78, 5) is 10.0. The first-order valence-electron chi connectivity index (χ1n) is 2.48. The van der Waals surface area contributed by atoms with Crippen molar-refractivity contribution in [3.8, 4) is 0 Å². The number of rotatable bonds is 3. The van der Waals surface area contributed by atoms with E-state index in [4.69, 9.17) is 5.11 Å². The summed E-state index contributed by atoms with van der Waals surface area (Å²) in [7, 11) is 1.39. The van der Waals surface area contributed by atoms with Gasteiger partial charge in [0.1, 0.15) is 0 Å². The van der Waals surface area contributed by atoms with Crippen LogP contribution in [0.2, 0.25) is 0 Å². The quantitative estimate of drug-likeness (QED) is 0.658. The summed E-state index contributed by atoms with van der Waals surface area (Å²) in [5, 5.41) is 8.25. The first-order chi connectivity index (χ1) is 3.72. The Balaban J connectivity index is 0. The molecule has 0 heterocycles. The molecule has 0 unspecified atom stereocenters. The minimum absolute atomic E-state index is 0. The molecule has 56 valence electrons. The number of hydrogen-bond acceptors (Lipinski definition) is 2. The molecular weight excluding hydrogens is 144 g/mol. The van der Waals surface area contributed by atoms with Crippen molar-refractivity contribution < 1.29 is 14.6 Å². The van der Waals surface area contributed by atoms with E-state index < -0.39 is 12.1 Å². The molecule has 0 rings (SSSR count). The van der Waals surface area contributed by atoms with E-state index in [9.17, 15) is 4.79 Å². The van der Waals surface area contributed by atoms with Crippen LogP contribution in [-0.4, -0.2) is 24.3 Å². The predicted octanol–water partition coefficient (Wildman–Crippen LogP) is 0.918. The molecule has 0 aliphatic heterocycles. The molecule has 0 aliphatic carbocycles. The van der Waals surface area contributed by atoms with E-state index in [1.165, 1.54) is 7.11 Å². The SMILES string of the molecule is CC[C@H](OC)C(=O)O.Cl. The number of carboxylic acid groups (broad SMARTS) is 1. The van der Waals surface area contributed by atoms with Gasteiger partial charge in [0.05, 0.1) is 0 Å². The van der Waals surface area contributed by atoms with Gasteiger partial charge in [-0.3, -0.25) is 0 Å². The van der Waals surface area contributed by atoms with Gasteiger partial charge in [0, 0.05) is 7.11 Å². The summed E-state index contributed by atoms with van der Waals surface area (Å²) in [6.07, 6.45) is -0.110. The van der Waals surface area contributed by atoms with Gasteiger partial charge in [-0.15, -0.1) is 12.4 Å². The molecule has 0 saturated carbocycles. The number of halogens is 1. The van der Waals surface area contributed by atoms with Crippen LogP contribution < -0.4 is 0 Å². The smallest absolute Gasteiger partial charge is 0.332 e. The van der Waals surface area contributed by atoms with E-state index in [-0.39, 0.29) is 12.4 Å². The number of carboxylic acids is 1. The molecule has 0 aromatic heterocycles. The van der Waals surface area contributed by atoms with Crippen LogP contribution in [0.25, 0.3) is 0 Å². The highest BCUT2D eigenvalue weighted by Gasteiger charge is 2.11. The molecule has 0 aliphatic rings. The fourth-order valence-corrected chi connectivity index (χ4v) is 0.442. The number of ether oxygens (including phenoxy) is 1. The summed E-state index contributed by atoms with van der Waals surface area (Å²) < 4.78 is 4.56. The van der Waals surface area contributed by atoms with E-state index in [0.717, 1.165) is 0 Å². The molecule has 0 amide bonds. The van der Waals surface area contributed by atoms with Crippen molar-refractivity contribution in [1.29, 1.82) is 0 Å². The zero-order valence-corrected chi connectivity index (χ0v) is 6.27. The van der Waals surface area contributed by atoms with Crippen molar-refractivity contribution in [3.05, 3.63) is 0 Å². The molecule has 0 aromatic rings. The van der Waals surface area contributed by atoms with Crippen molar-refractivity contribution >= 4 is 18.4 Å². The zero-order valence-electron chi connectivity index (χ0n) is 5.46. The van der Waals surface area contributed by atoms with Crippen LogP contribution in [-0.2, 0) is 9.53 Å². The summed E-state index contributed by atoms with van der Waals surface area (Å²) in [6, 6.07) is 0. The second-order valence-corrected chi connectivity index (χ2v) is 1.47. The summed E-state index contributed by atoms with van der Waals surface area (Å²) >= 11 is 0. The van der Waals surface area contributed by atoms with Crippen LogP contribution in [0.5, 0.6) is 0 Å². The van der Waals surface area contributed by atoms with Gasteiger partial charge >= 0.3 is 5.97 Å². The maximum Gasteiger partial charge on any atom is 0.332 e. The highest BCUT2D eigenvalue weighted by Crippen LogP contribution is 1.93. The lowest BCUT2D eigenvalue weighted by atomic mass is 10.3. The van der Waals surface area contributed by atoms with Crippen molar-refractivity contribution in [2.45, 2.75) is 19.4 Å². The average molecular weight is 155 g/mol. The molecule has 0 spiro atoms. The molecule has 0 bridgehead atoms. The fourth-order valence-electron chi connectivity index (χ4n) is 0.442. The first kappa shape index (κ1) is 11.5. The fraction of sp³-hybridized carbons (Fsp3) is 0.800. The second kappa shape index (κ2) is 5.85. The predicted molar refractivity (Wildman–Crippen MR) is 36.0 cm³/mol. The van der Waals surface area contributed by atoms with Crippen LogP contribution in [0.3, 0.4) is 0 Å². The third-order valence-electron chi connectivity index (χ3n) is 0.931. The lowest BCUT2D eigenvalue weighted by Gasteiger charge is -2.04. The van der Waals surface area contributed by atoms with Crippen LogP contribution in [0.4, 0.5) is 0 Å². The van der Waals surface area contributed by atoms with Gasteiger partial charge in [0.15, 0.2) is 6.10 Å². The molecular formula is C5H11ClO3. The van der Waals surface area contributed by atoms with Gasteiger partial charge in [-0.2, -0.15) is 0 Å². The Morgan fingerprint density at radius 2 is 2.22 bits per heavy atom. The zero-order chi connectivity index (χ0) is 6.57. The molecule has 0 radical (unpaired) electrons. The van der Waals surface area contributed by atoms with Gasteiger partial charge in [0.25, 0.3) is 0 Å². The maximum absolute atomic E-state index is 10.0. The van der Waals surface area contributed by atoms with E-state index in [1.54, 1.807) is 6.92 Å². The molecule has 3 nitrogen and oxygen atoms in total. The Hall–Kier alpha value is -0.280. The summed E-state index contributed by atoms with van der Waals surface area (Å²) in [5.74, 6) is -0.894. The second-order valence-electron chi connectivity index (χ2n) is 1.47. The summed E-state index contributed by atoms with van der Waals surface area (Å²) in [5.41, 5.74) is 0. The normalized spacial score (nSPS) is 11.8.